The Balaban J connectivity index is 2.65. The van der Waals surface area contributed by atoms with Crippen LogP contribution in [0.1, 0.15) is 6.42 Å². The van der Waals surface area contributed by atoms with E-state index in [9.17, 15) is 8.42 Å². The Morgan fingerprint density at radius 3 is 2.33 bits per heavy atom. The van der Waals surface area contributed by atoms with Crippen LogP contribution in [0.25, 0.3) is 0 Å². The summed E-state index contributed by atoms with van der Waals surface area (Å²) in [6.45, 7) is 0. The number of benzene rings is 1. The Kier molecular flexibility index (Phi) is 5.02. The molecule has 0 aliphatic carbocycles. The van der Waals surface area contributed by atoms with E-state index in [-0.39, 0.29) is 0 Å². The Hall–Kier alpha value is -0.130. The summed E-state index contributed by atoms with van der Waals surface area (Å²) in [4.78, 5) is 1.48. The van der Waals surface area contributed by atoms with E-state index in [1.54, 1.807) is 23.9 Å². The van der Waals surface area contributed by atoms with Gasteiger partial charge in [-0.05, 0) is 42.2 Å². The molecule has 0 unspecified atom stereocenters. The number of hydrogen-bond donors (Lipinski definition) is 1. The van der Waals surface area contributed by atoms with Gasteiger partial charge in [0.05, 0.1) is 4.90 Å². The first-order valence-electron chi connectivity index (χ1n) is 4.58. The van der Waals surface area contributed by atoms with Crippen LogP contribution in [-0.2, 0) is 9.84 Å². The van der Waals surface area contributed by atoms with Crippen LogP contribution in [0.4, 0.5) is 0 Å². The fraction of sp³-hybridized carbons (Fsp3) is 0.400. The number of thioether (sulfide) groups is 1. The molecule has 0 saturated heterocycles. The first-order chi connectivity index (χ1) is 7.04. The van der Waals surface area contributed by atoms with Crippen molar-refractivity contribution in [2.24, 2.45) is 0 Å². The molecule has 1 aromatic carbocycles. The summed E-state index contributed by atoms with van der Waals surface area (Å²) >= 11 is 5.85. The van der Waals surface area contributed by atoms with Gasteiger partial charge in [-0.15, -0.1) is 11.8 Å². The van der Waals surface area contributed by atoms with Crippen molar-refractivity contribution in [2.45, 2.75) is 16.2 Å². The lowest BCUT2D eigenvalue weighted by atomic mass is 10.4. The van der Waals surface area contributed by atoms with Crippen LogP contribution in [0.5, 0.6) is 0 Å². The molecule has 5 heteroatoms. The molecule has 0 fully saturated rings. The van der Waals surface area contributed by atoms with E-state index in [1.807, 2.05) is 12.1 Å². The molecule has 0 N–H and O–H groups in total. The summed E-state index contributed by atoms with van der Waals surface area (Å²) in [5, 5.41) is 0. The molecule has 0 heterocycles. The second-order valence-corrected chi connectivity index (χ2v) is 6.80. The molecule has 0 aromatic heterocycles. The molecule has 0 amide bonds. The molecule has 0 saturated carbocycles. The minimum Gasteiger partial charge on any atom is -0.224 e. The minimum absolute atomic E-state index is 0.376. The van der Waals surface area contributed by atoms with E-state index in [2.05, 4.69) is 12.6 Å². The van der Waals surface area contributed by atoms with E-state index < -0.39 is 9.84 Å². The predicted octanol–water partition coefficient (Wildman–Crippen LogP) is 2.50. The topological polar surface area (TPSA) is 34.1 Å². The number of sulfone groups is 1. The molecule has 15 heavy (non-hydrogen) atoms. The molecule has 0 radical (unpaired) electrons. The van der Waals surface area contributed by atoms with Gasteiger partial charge in [0, 0.05) is 11.2 Å². The molecule has 1 rings (SSSR count). The summed E-state index contributed by atoms with van der Waals surface area (Å²) in [7, 11) is -3.07. The molecule has 2 nitrogen and oxygen atoms in total. The summed E-state index contributed by atoms with van der Waals surface area (Å²) in [5.74, 6) is 1.90. The van der Waals surface area contributed by atoms with Gasteiger partial charge in [0.25, 0.3) is 0 Å². The third-order valence-electron chi connectivity index (χ3n) is 1.82. The molecular weight excluding hydrogens is 248 g/mol. The lowest BCUT2D eigenvalue weighted by molar-refractivity contribution is 0.602. The lowest BCUT2D eigenvalue weighted by Gasteiger charge is -2.02. The zero-order valence-corrected chi connectivity index (χ0v) is 11.0. The Bertz CT molecular complexity index is 395. The van der Waals surface area contributed by atoms with E-state index in [0.717, 1.165) is 22.8 Å². The predicted molar refractivity (Wildman–Crippen MR) is 68.7 cm³/mol. The van der Waals surface area contributed by atoms with Crippen molar-refractivity contribution < 1.29 is 8.42 Å². The fourth-order valence-corrected chi connectivity index (χ4v) is 2.89. The van der Waals surface area contributed by atoms with Crippen molar-refractivity contribution in [3.8, 4) is 0 Å². The normalized spacial score (nSPS) is 11.6. The van der Waals surface area contributed by atoms with Gasteiger partial charge in [0.15, 0.2) is 9.84 Å². The number of rotatable bonds is 5. The van der Waals surface area contributed by atoms with Crippen molar-refractivity contribution in [1.82, 2.24) is 0 Å². The van der Waals surface area contributed by atoms with Crippen molar-refractivity contribution in [2.75, 3.05) is 17.8 Å². The first-order valence-corrected chi connectivity index (χ1v) is 8.09. The van der Waals surface area contributed by atoms with Crippen molar-refractivity contribution in [3.63, 3.8) is 0 Å². The zero-order chi connectivity index (χ0) is 11.3. The monoisotopic (exact) mass is 262 g/mol. The summed E-state index contributed by atoms with van der Waals surface area (Å²) in [5.41, 5.74) is 0. The maximum absolute atomic E-state index is 11.2. The largest absolute Gasteiger partial charge is 0.224 e. The molecular formula is C10H14O2S3. The molecule has 0 atom stereocenters. The second kappa shape index (κ2) is 5.82. The van der Waals surface area contributed by atoms with E-state index in [4.69, 9.17) is 0 Å². The third kappa shape index (κ3) is 4.49. The lowest BCUT2D eigenvalue weighted by Crippen LogP contribution is -1.96. The molecule has 0 spiro atoms. The summed E-state index contributed by atoms with van der Waals surface area (Å²) < 4.78 is 22.4. The van der Waals surface area contributed by atoms with Crippen LogP contribution < -0.4 is 0 Å². The molecule has 1 aromatic rings. The van der Waals surface area contributed by atoms with Gasteiger partial charge >= 0.3 is 0 Å². The Labute approximate surface area is 101 Å². The molecule has 0 aliphatic heterocycles. The zero-order valence-electron chi connectivity index (χ0n) is 8.51. The highest BCUT2D eigenvalue weighted by Gasteiger charge is 2.05. The average molecular weight is 262 g/mol. The van der Waals surface area contributed by atoms with Gasteiger partial charge in [-0.2, -0.15) is 12.6 Å². The van der Waals surface area contributed by atoms with Gasteiger partial charge in [-0.3, -0.25) is 0 Å². The van der Waals surface area contributed by atoms with Crippen molar-refractivity contribution in [1.29, 1.82) is 0 Å². The van der Waals surface area contributed by atoms with Crippen LogP contribution in [0.3, 0.4) is 0 Å². The highest BCUT2D eigenvalue weighted by atomic mass is 32.2. The average Bonchev–Trinajstić information content (AvgIpc) is 2.18. The SMILES string of the molecule is CS(=O)(=O)c1ccc(SCCCS)cc1. The van der Waals surface area contributed by atoms with Gasteiger partial charge in [0.2, 0.25) is 0 Å². The molecule has 84 valence electrons. The van der Waals surface area contributed by atoms with Gasteiger partial charge in [-0.1, -0.05) is 0 Å². The smallest absolute Gasteiger partial charge is 0.175 e. The Morgan fingerprint density at radius 2 is 1.87 bits per heavy atom. The second-order valence-electron chi connectivity index (χ2n) is 3.17. The number of thiol groups is 1. The minimum atomic E-state index is -3.07. The molecule has 0 aliphatic rings. The first kappa shape index (κ1) is 12.9. The maximum Gasteiger partial charge on any atom is 0.175 e. The fourth-order valence-electron chi connectivity index (χ4n) is 1.04. The Morgan fingerprint density at radius 1 is 1.27 bits per heavy atom. The summed E-state index contributed by atoms with van der Waals surface area (Å²) in [6, 6.07) is 7.00. The van der Waals surface area contributed by atoms with E-state index in [0.29, 0.717) is 4.90 Å². The van der Waals surface area contributed by atoms with E-state index >= 15 is 0 Å². The highest BCUT2D eigenvalue weighted by molar-refractivity contribution is 7.99. The highest BCUT2D eigenvalue weighted by Crippen LogP contribution is 2.20. The third-order valence-corrected chi connectivity index (χ3v) is 4.37. The van der Waals surface area contributed by atoms with Gasteiger partial charge < -0.3 is 0 Å². The van der Waals surface area contributed by atoms with E-state index in [1.165, 1.54) is 6.26 Å². The quantitative estimate of drug-likeness (QED) is 0.503. The van der Waals surface area contributed by atoms with Crippen LogP contribution in [0.15, 0.2) is 34.1 Å². The van der Waals surface area contributed by atoms with Crippen LogP contribution in [0.2, 0.25) is 0 Å². The standard InChI is InChI=1S/C10H14O2S3/c1-15(11,12)10-5-3-9(4-6-10)14-8-2-7-13/h3-6,13H,2,7-8H2,1H3. The van der Waals surface area contributed by atoms with Gasteiger partial charge in [-0.25, -0.2) is 8.42 Å². The van der Waals surface area contributed by atoms with Crippen LogP contribution in [0, 0.1) is 0 Å². The summed E-state index contributed by atoms with van der Waals surface area (Å²) in [6.07, 6.45) is 2.28. The van der Waals surface area contributed by atoms with Crippen LogP contribution in [-0.4, -0.2) is 26.2 Å². The molecule has 0 bridgehead atoms. The van der Waals surface area contributed by atoms with Gasteiger partial charge in [0.1, 0.15) is 0 Å². The number of hydrogen-bond acceptors (Lipinski definition) is 4. The van der Waals surface area contributed by atoms with Crippen molar-refractivity contribution in [3.05, 3.63) is 24.3 Å². The van der Waals surface area contributed by atoms with Crippen LogP contribution >= 0.6 is 24.4 Å². The maximum atomic E-state index is 11.2. The van der Waals surface area contributed by atoms with Crippen molar-refractivity contribution >= 4 is 34.2 Å².